The molecule has 0 aliphatic carbocycles. The average molecular weight is 886 g/mol. The van der Waals surface area contributed by atoms with Gasteiger partial charge in [0.1, 0.15) is 24.4 Å². The molecular formula is C54H95NO8. The van der Waals surface area contributed by atoms with Gasteiger partial charge in [-0.05, 0) is 64.2 Å². The third-order valence-corrected chi connectivity index (χ3v) is 11.8. The molecule has 1 saturated heterocycles. The molecule has 0 aromatic heterocycles. The van der Waals surface area contributed by atoms with Crippen LogP contribution in [0.1, 0.15) is 206 Å². The summed E-state index contributed by atoms with van der Waals surface area (Å²) in [6.45, 7) is 3.70. The third kappa shape index (κ3) is 33.7. The first-order valence-corrected chi connectivity index (χ1v) is 25.6. The molecule has 1 fully saturated rings. The number of allylic oxidation sites excluding steroid dienone is 12. The molecule has 0 saturated carbocycles. The van der Waals surface area contributed by atoms with Crippen LogP contribution in [0.15, 0.2) is 72.9 Å². The summed E-state index contributed by atoms with van der Waals surface area (Å²) in [4.78, 5) is 13.0. The Kier molecular flexibility index (Phi) is 40.5. The minimum atomic E-state index is -1.56. The maximum absolute atomic E-state index is 13.0. The number of aliphatic hydroxyl groups is 5. The number of rotatable bonds is 42. The third-order valence-electron chi connectivity index (χ3n) is 11.8. The molecule has 0 aromatic carbocycles. The Morgan fingerprint density at radius 3 is 1.46 bits per heavy atom. The quantitative estimate of drug-likeness (QED) is 0.0262. The van der Waals surface area contributed by atoms with Crippen LogP contribution in [0.5, 0.6) is 0 Å². The van der Waals surface area contributed by atoms with Gasteiger partial charge in [-0.15, -0.1) is 0 Å². The highest BCUT2D eigenvalue weighted by atomic mass is 16.7. The fourth-order valence-electron chi connectivity index (χ4n) is 7.75. The Bertz CT molecular complexity index is 1210. The molecule has 0 spiro atoms. The number of nitrogens with one attached hydrogen (secondary N) is 1. The second-order valence-electron chi connectivity index (χ2n) is 17.6. The Balaban J connectivity index is 2.20. The average Bonchev–Trinajstić information content (AvgIpc) is 3.28. The molecule has 1 heterocycles. The maximum Gasteiger partial charge on any atom is 0.220 e. The van der Waals surface area contributed by atoms with Gasteiger partial charge in [0.15, 0.2) is 6.29 Å². The van der Waals surface area contributed by atoms with Crippen LogP contribution in [0, 0.1) is 0 Å². The molecule has 1 amide bonds. The summed E-state index contributed by atoms with van der Waals surface area (Å²) in [5, 5.41) is 54.4. The van der Waals surface area contributed by atoms with E-state index in [1.807, 2.05) is 0 Å². The van der Waals surface area contributed by atoms with E-state index in [9.17, 15) is 30.3 Å². The Hall–Kier alpha value is -2.37. The number of aliphatic hydroxyl groups excluding tert-OH is 5. The van der Waals surface area contributed by atoms with Crippen LogP contribution in [0.4, 0.5) is 0 Å². The number of hydrogen-bond donors (Lipinski definition) is 6. The summed E-state index contributed by atoms with van der Waals surface area (Å²) in [5.74, 6) is -0.153. The number of carbonyl (C=O) groups is 1. The zero-order valence-electron chi connectivity index (χ0n) is 40.1. The largest absolute Gasteiger partial charge is 0.394 e. The Morgan fingerprint density at radius 2 is 0.984 bits per heavy atom. The number of unbranched alkanes of at least 4 members (excludes halogenated alkanes) is 20. The summed E-state index contributed by atoms with van der Waals surface area (Å²) in [7, 11) is 0. The lowest BCUT2D eigenvalue weighted by Gasteiger charge is -2.40. The van der Waals surface area contributed by atoms with E-state index in [1.165, 1.54) is 96.3 Å². The molecule has 63 heavy (non-hydrogen) atoms. The second kappa shape index (κ2) is 43.5. The van der Waals surface area contributed by atoms with E-state index in [-0.39, 0.29) is 12.5 Å². The van der Waals surface area contributed by atoms with Crippen LogP contribution in [0.3, 0.4) is 0 Å². The van der Waals surface area contributed by atoms with Crippen molar-refractivity contribution in [2.75, 3.05) is 13.2 Å². The zero-order chi connectivity index (χ0) is 45.9. The van der Waals surface area contributed by atoms with E-state index in [0.29, 0.717) is 12.8 Å². The van der Waals surface area contributed by atoms with E-state index in [1.54, 1.807) is 0 Å². The fraction of sp³-hybridized carbons (Fsp3) is 0.759. The standard InChI is InChI=1S/C54H95NO8/c1-3-5-7-9-11-13-15-16-17-18-19-20-21-22-23-24-25-26-27-28-29-30-31-32-34-36-38-40-42-44-50(58)55-47(46-62-54-53(61)52(60)51(59)49(45-56)63-54)48(57)43-41-39-37-35-33-14-12-10-8-6-4-2/h5,7,11,13,16-17,19-20,22-23,25-26,47-49,51-54,56-57,59-61H,3-4,6,8-10,12,14-15,18,21,24,27-46H2,1-2H3,(H,55,58)/b7-5-,13-11-,17-16-,20-19-,23-22-,26-25-. The number of hydrogen-bond acceptors (Lipinski definition) is 8. The van der Waals surface area contributed by atoms with Gasteiger partial charge in [-0.1, -0.05) is 209 Å². The van der Waals surface area contributed by atoms with Gasteiger partial charge >= 0.3 is 0 Å². The van der Waals surface area contributed by atoms with Crippen molar-refractivity contribution in [1.29, 1.82) is 0 Å². The Morgan fingerprint density at radius 1 is 0.556 bits per heavy atom. The fourth-order valence-corrected chi connectivity index (χ4v) is 7.75. The maximum atomic E-state index is 13.0. The van der Waals surface area contributed by atoms with E-state index in [0.717, 1.165) is 83.5 Å². The van der Waals surface area contributed by atoms with Crippen LogP contribution in [-0.2, 0) is 14.3 Å². The molecule has 364 valence electrons. The normalized spacial score (nSPS) is 20.8. The number of carbonyl (C=O) groups excluding carboxylic acids is 1. The van der Waals surface area contributed by atoms with Crippen molar-refractivity contribution in [2.45, 2.75) is 249 Å². The van der Waals surface area contributed by atoms with E-state index < -0.39 is 49.5 Å². The molecule has 7 atom stereocenters. The van der Waals surface area contributed by atoms with Crippen molar-refractivity contribution in [3.8, 4) is 0 Å². The van der Waals surface area contributed by atoms with Gasteiger partial charge in [0.05, 0.1) is 25.4 Å². The monoisotopic (exact) mass is 886 g/mol. The molecular weight excluding hydrogens is 791 g/mol. The minimum Gasteiger partial charge on any atom is -0.394 e. The molecule has 7 unspecified atom stereocenters. The van der Waals surface area contributed by atoms with Gasteiger partial charge in [0, 0.05) is 6.42 Å². The first-order valence-electron chi connectivity index (χ1n) is 25.6. The molecule has 0 bridgehead atoms. The molecule has 9 nitrogen and oxygen atoms in total. The lowest BCUT2D eigenvalue weighted by Crippen LogP contribution is -2.60. The summed E-state index contributed by atoms with van der Waals surface area (Å²) in [6.07, 6.45) is 52.0. The highest BCUT2D eigenvalue weighted by Crippen LogP contribution is 2.23. The van der Waals surface area contributed by atoms with Gasteiger partial charge in [-0.3, -0.25) is 4.79 Å². The highest BCUT2D eigenvalue weighted by Gasteiger charge is 2.44. The molecule has 0 aromatic rings. The van der Waals surface area contributed by atoms with E-state index in [4.69, 9.17) is 9.47 Å². The first-order chi connectivity index (χ1) is 30.8. The van der Waals surface area contributed by atoms with Crippen LogP contribution in [0.25, 0.3) is 0 Å². The molecule has 1 aliphatic heterocycles. The van der Waals surface area contributed by atoms with Gasteiger partial charge < -0.3 is 40.3 Å². The summed E-state index contributed by atoms with van der Waals surface area (Å²) in [5.41, 5.74) is 0. The van der Waals surface area contributed by atoms with Crippen LogP contribution >= 0.6 is 0 Å². The lowest BCUT2D eigenvalue weighted by atomic mass is 9.99. The Labute approximate surface area is 385 Å². The van der Waals surface area contributed by atoms with Crippen LogP contribution in [0.2, 0.25) is 0 Å². The minimum absolute atomic E-state index is 0.143. The molecule has 1 rings (SSSR count). The smallest absolute Gasteiger partial charge is 0.220 e. The van der Waals surface area contributed by atoms with Gasteiger partial charge in [0.2, 0.25) is 5.91 Å². The lowest BCUT2D eigenvalue weighted by molar-refractivity contribution is -0.302. The van der Waals surface area contributed by atoms with E-state index >= 15 is 0 Å². The van der Waals surface area contributed by atoms with Crippen molar-refractivity contribution in [2.24, 2.45) is 0 Å². The summed E-state index contributed by atoms with van der Waals surface area (Å²) >= 11 is 0. The topological polar surface area (TPSA) is 149 Å². The van der Waals surface area contributed by atoms with Crippen molar-refractivity contribution in [1.82, 2.24) is 5.32 Å². The molecule has 9 heteroatoms. The number of amides is 1. The van der Waals surface area contributed by atoms with Gasteiger partial charge in [-0.2, -0.15) is 0 Å². The van der Waals surface area contributed by atoms with Gasteiger partial charge in [0.25, 0.3) is 0 Å². The molecule has 6 N–H and O–H groups in total. The molecule has 1 aliphatic rings. The van der Waals surface area contributed by atoms with Crippen molar-refractivity contribution in [3.05, 3.63) is 72.9 Å². The van der Waals surface area contributed by atoms with Crippen molar-refractivity contribution in [3.63, 3.8) is 0 Å². The SMILES string of the molecule is CC/C=C\C/C=C\C/C=C\C/C=C\C/C=C\C/C=C\CCCCCCCCCCCCC(=O)NC(COC1OC(CO)C(O)C(O)C1O)C(O)CCCCCCCCCCCCC. The highest BCUT2D eigenvalue weighted by molar-refractivity contribution is 5.76. The first kappa shape index (κ1) is 58.6. The molecule has 0 radical (unpaired) electrons. The number of ether oxygens (including phenoxy) is 2. The van der Waals surface area contributed by atoms with Crippen LogP contribution in [-0.4, -0.2) is 87.5 Å². The van der Waals surface area contributed by atoms with Crippen LogP contribution < -0.4 is 5.32 Å². The summed E-state index contributed by atoms with van der Waals surface area (Å²) < 4.78 is 11.3. The predicted octanol–water partition coefficient (Wildman–Crippen LogP) is 11.7. The van der Waals surface area contributed by atoms with E-state index in [2.05, 4.69) is 92.1 Å². The predicted molar refractivity (Wildman–Crippen MR) is 262 cm³/mol. The second-order valence-corrected chi connectivity index (χ2v) is 17.6. The zero-order valence-corrected chi connectivity index (χ0v) is 40.1. The van der Waals surface area contributed by atoms with Crippen molar-refractivity contribution >= 4 is 5.91 Å². The van der Waals surface area contributed by atoms with Gasteiger partial charge in [-0.25, -0.2) is 0 Å². The summed E-state index contributed by atoms with van der Waals surface area (Å²) in [6, 6.07) is -0.724. The van der Waals surface area contributed by atoms with Crippen molar-refractivity contribution < 1.29 is 39.8 Å².